The zero-order valence-corrected chi connectivity index (χ0v) is 12.4. The standard InChI is InChI=1S/C13H22ClN3O2/c1-9(2)17-12(11(14)7-16-17)13(3,18)6-10-8-19-5-4-15-10/h7,9-10,15,18H,4-6,8H2,1-3H3. The summed E-state index contributed by atoms with van der Waals surface area (Å²) in [4.78, 5) is 0. The monoisotopic (exact) mass is 287 g/mol. The van der Waals surface area contributed by atoms with E-state index < -0.39 is 5.60 Å². The number of ether oxygens (including phenoxy) is 1. The summed E-state index contributed by atoms with van der Waals surface area (Å²) in [5.41, 5.74) is -0.354. The molecule has 2 N–H and O–H groups in total. The highest BCUT2D eigenvalue weighted by atomic mass is 35.5. The van der Waals surface area contributed by atoms with E-state index in [2.05, 4.69) is 10.4 Å². The van der Waals surface area contributed by atoms with Crippen LogP contribution in [0.15, 0.2) is 6.20 Å². The number of aromatic nitrogens is 2. The quantitative estimate of drug-likeness (QED) is 0.885. The molecule has 0 radical (unpaired) electrons. The molecule has 2 heterocycles. The third-order valence-corrected chi connectivity index (χ3v) is 3.67. The molecule has 1 aliphatic heterocycles. The predicted octanol–water partition coefficient (Wildman–Crippen LogP) is 1.70. The summed E-state index contributed by atoms with van der Waals surface area (Å²) < 4.78 is 7.21. The fourth-order valence-electron chi connectivity index (χ4n) is 2.56. The molecular weight excluding hydrogens is 266 g/mol. The Hall–Kier alpha value is -0.620. The Kier molecular flexibility index (Phi) is 4.50. The molecule has 0 spiro atoms. The highest BCUT2D eigenvalue weighted by Crippen LogP contribution is 2.33. The number of halogens is 1. The first-order valence-corrected chi connectivity index (χ1v) is 7.06. The number of aliphatic hydroxyl groups is 1. The van der Waals surface area contributed by atoms with Crippen LogP contribution in [0.1, 0.15) is 38.9 Å². The van der Waals surface area contributed by atoms with Gasteiger partial charge in [-0.25, -0.2) is 0 Å². The molecule has 0 aromatic carbocycles. The second-order valence-electron chi connectivity index (χ2n) is 5.58. The summed E-state index contributed by atoms with van der Waals surface area (Å²) >= 11 is 6.20. The molecule has 1 aromatic rings. The molecule has 1 fully saturated rings. The SMILES string of the molecule is CC(C)n1ncc(Cl)c1C(C)(O)CC1COCCN1. The van der Waals surface area contributed by atoms with Gasteiger partial charge in [0, 0.05) is 18.6 Å². The van der Waals surface area contributed by atoms with Gasteiger partial charge in [0.15, 0.2) is 0 Å². The van der Waals surface area contributed by atoms with Crippen molar-refractivity contribution in [2.45, 2.75) is 44.9 Å². The first-order valence-electron chi connectivity index (χ1n) is 6.69. The second kappa shape index (κ2) is 5.79. The van der Waals surface area contributed by atoms with E-state index in [1.165, 1.54) is 0 Å². The van der Waals surface area contributed by atoms with E-state index in [1.807, 2.05) is 13.8 Å². The van der Waals surface area contributed by atoms with E-state index in [0.29, 0.717) is 23.7 Å². The molecular formula is C13H22ClN3O2. The summed E-state index contributed by atoms with van der Waals surface area (Å²) in [5, 5.41) is 18.9. The van der Waals surface area contributed by atoms with Crippen LogP contribution in [-0.2, 0) is 10.3 Å². The van der Waals surface area contributed by atoms with Crippen LogP contribution < -0.4 is 5.32 Å². The van der Waals surface area contributed by atoms with Gasteiger partial charge in [0.05, 0.1) is 30.1 Å². The summed E-state index contributed by atoms with van der Waals surface area (Å²) in [5.74, 6) is 0. The fraction of sp³-hybridized carbons (Fsp3) is 0.769. The molecule has 19 heavy (non-hydrogen) atoms. The molecule has 1 saturated heterocycles. The Balaban J connectivity index is 2.20. The minimum Gasteiger partial charge on any atom is -0.384 e. The molecule has 6 heteroatoms. The molecule has 2 atom stereocenters. The van der Waals surface area contributed by atoms with Crippen LogP contribution in [0.3, 0.4) is 0 Å². The minimum atomic E-state index is -1.03. The highest BCUT2D eigenvalue weighted by Gasteiger charge is 2.34. The third-order valence-electron chi connectivity index (χ3n) is 3.39. The van der Waals surface area contributed by atoms with Crippen LogP contribution in [0.25, 0.3) is 0 Å². The molecule has 0 aliphatic carbocycles. The maximum Gasteiger partial charge on any atom is 0.106 e. The Morgan fingerprint density at radius 2 is 2.42 bits per heavy atom. The molecule has 108 valence electrons. The van der Waals surface area contributed by atoms with Crippen LogP contribution in [0, 0.1) is 0 Å². The van der Waals surface area contributed by atoms with E-state index in [4.69, 9.17) is 16.3 Å². The van der Waals surface area contributed by atoms with Crippen molar-refractivity contribution in [1.82, 2.24) is 15.1 Å². The molecule has 1 aromatic heterocycles. The van der Waals surface area contributed by atoms with Crippen LogP contribution >= 0.6 is 11.6 Å². The van der Waals surface area contributed by atoms with Crippen molar-refractivity contribution in [2.75, 3.05) is 19.8 Å². The summed E-state index contributed by atoms with van der Waals surface area (Å²) in [6.07, 6.45) is 2.14. The van der Waals surface area contributed by atoms with Crippen molar-refractivity contribution < 1.29 is 9.84 Å². The van der Waals surface area contributed by atoms with E-state index in [-0.39, 0.29) is 12.1 Å². The number of nitrogens with zero attached hydrogens (tertiary/aromatic N) is 2. The highest BCUT2D eigenvalue weighted by molar-refractivity contribution is 6.31. The molecule has 2 unspecified atom stereocenters. The van der Waals surface area contributed by atoms with Crippen LogP contribution in [-0.4, -0.2) is 40.7 Å². The summed E-state index contributed by atoms with van der Waals surface area (Å²) in [6.45, 7) is 7.98. The van der Waals surface area contributed by atoms with Gasteiger partial charge in [0.1, 0.15) is 5.60 Å². The van der Waals surface area contributed by atoms with Gasteiger partial charge in [-0.1, -0.05) is 11.6 Å². The normalized spacial score (nSPS) is 23.6. The Morgan fingerprint density at radius 3 is 3.00 bits per heavy atom. The van der Waals surface area contributed by atoms with Gasteiger partial charge in [-0.15, -0.1) is 0 Å². The van der Waals surface area contributed by atoms with E-state index in [0.717, 1.165) is 13.2 Å². The van der Waals surface area contributed by atoms with Crippen LogP contribution in [0.5, 0.6) is 0 Å². The second-order valence-corrected chi connectivity index (χ2v) is 5.99. The molecule has 5 nitrogen and oxygen atoms in total. The summed E-state index contributed by atoms with van der Waals surface area (Å²) in [6, 6.07) is 0.292. The van der Waals surface area contributed by atoms with E-state index in [9.17, 15) is 5.11 Å². The lowest BCUT2D eigenvalue weighted by molar-refractivity contribution is -0.00295. The third kappa shape index (κ3) is 3.28. The fourth-order valence-corrected chi connectivity index (χ4v) is 2.90. The van der Waals surface area contributed by atoms with Crippen molar-refractivity contribution in [2.24, 2.45) is 0 Å². The average Bonchev–Trinajstić information content (AvgIpc) is 2.73. The van der Waals surface area contributed by atoms with Gasteiger partial charge < -0.3 is 15.2 Å². The molecule has 0 amide bonds. The zero-order chi connectivity index (χ0) is 14.0. The number of rotatable bonds is 4. The Bertz CT molecular complexity index is 426. The topological polar surface area (TPSA) is 59.3 Å². The van der Waals surface area contributed by atoms with Gasteiger partial charge in [-0.05, 0) is 27.2 Å². The van der Waals surface area contributed by atoms with Crippen LogP contribution in [0.2, 0.25) is 5.02 Å². The first kappa shape index (κ1) is 14.8. The maximum atomic E-state index is 10.8. The average molecular weight is 288 g/mol. The Morgan fingerprint density at radius 1 is 1.68 bits per heavy atom. The molecule has 1 aliphatic rings. The number of nitrogens with one attached hydrogen (secondary N) is 1. The van der Waals surface area contributed by atoms with Gasteiger partial charge in [-0.2, -0.15) is 5.10 Å². The molecule has 0 saturated carbocycles. The van der Waals surface area contributed by atoms with Gasteiger partial charge >= 0.3 is 0 Å². The van der Waals surface area contributed by atoms with Crippen molar-refractivity contribution in [3.63, 3.8) is 0 Å². The largest absolute Gasteiger partial charge is 0.384 e. The van der Waals surface area contributed by atoms with Crippen molar-refractivity contribution >= 4 is 11.6 Å². The van der Waals surface area contributed by atoms with Crippen molar-refractivity contribution in [3.05, 3.63) is 16.9 Å². The van der Waals surface area contributed by atoms with Crippen molar-refractivity contribution in [3.8, 4) is 0 Å². The lowest BCUT2D eigenvalue weighted by Gasteiger charge is -2.32. The van der Waals surface area contributed by atoms with Crippen LogP contribution in [0.4, 0.5) is 0 Å². The Labute approximate surface area is 118 Å². The number of morpholine rings is 1. The number of hydrogen-bond donors (Lipinski definition) is 2. The van der Waals surface area contributed by atoms with E-state index >= 15 is 0 Å². The van der Waals surface area contributed by atoms with E-state index in [1.54, 1.807) is 17.8 Å². The zero-order valence-electron chi connectivity index (χ0n) is 11.7. The predicted molar refractivity (Wildman–Crippen MR) is 74.4 cm³/mol. The molecule has 0 bridgehead atoms. The van der Waals surface area contributed by atoms with Gasteiger partial charge in [-0.3, -0.25) is 4.68 Å². The first-order chi connectivity index (χ1) is 8.92. The maximum absolute atomic E-state index is 10.8. The minimum absolute atomic E-state index is 0.135. The lowest BCUT2D eigenvalue weighted by Crippen LogP contribution is -2.45. The smallest absolute Gasteiger partial charge is 0.106 e. The van der Waals surface area contributed by atoms with Crippen molar-refractivity contribution in [1.29, 1.82) is 0 Å². The van der Waals surface area contributed by atoms with Gasteiger partial charge in [0.2, 0.25) is 0 Å². The molecule has 2 rings (SSSR count). The van der Waals surface area contributed by atoms with Gasteiger partial charge in [0.25, 0.3) is 0 Å². The lowest BCUT2D eigenvalue weighted by atomic mass is 9.92. The summed E-state index contributed by atoms with van der Waals surface area (Å²) in [7, 11) is 0. The number of hydrogen-bond acceptors (Lipinski definition) is 4.